The fraction of sp³-hybridized carbons (Fsp3) is 0.100. The topological polar surface area (TPSA) is 50.7 Å². The summed E-state index contributed by atoms with van der Waals surface area (Å²) >= 11 is 5.90. The number of nitrogens with zero attached hydrogens (tertiary/aromatic N) is 1. The first kappa shape index (κ1) is 17.0. The maximum Gasteiger partial charge on any atom is 0.280 e. The molecule has 0 aliphatic rings. The van der Waals surface area contributed by atoms with E-state index in [9.17, 15) is 4.79 Å². The molecule has 1 amide bonds. The van der Waals surface area contributed by atoms with Gasteiger partial charge < -0.3 is 4.74 Å². The molecule has 5 heteroatoms. The molecule has 0 aliphatic heterocycles. The number of amides is 1. The highest BCUT2D eigenvalue weighted by Crippen LogP contribution is 2.18. The molecule has 3 rings (SSSR count). The molecule has 0 fully saturated rings. The van der Waals surface area contributed by atoms with E-state index < -0.39 is 6.10 Å². The summed E-state index contributed by atoms with van der Waals surface area (Å²) in [6.07, 6.45) is 0.920. The molecule has 0 aliphatic carbocycles. The van der Waals surface area contributed by atoms with Gasteiger partial charge in [-0.2, -0.15) is 5.10 Å². The van der Waals surface area contributed by atoms with Gasteiger partial charge in [-0.05, 0) is 47.5 Å². The lowest BCUT2D eigenvalue weighted by Gasteiger charge is -2.12. The molecule has 4 nitrogen and oxygen atoms in total. The first-order chi connectivity index (χ1) is 12.1. The smallest absolute Gasteiger partial charge is 0.280 e. The highest BCUT2D eigenvalue weighted by atomic mass is 35.5. The molecule has 25 heavy (non-hydrogen) atoms. The molecule has 1 atom stereocenters. The zero-order valence-corrected chi connectivity index (χ0v) is 14.4. The van der Waals surface area contributed by atoms with Crippen molar-refractivity contribution in [3.8, 4) is 5.75 Å². The molecule has 0 saturated carbocycles. The fourth-order valence-electron chi connectivity index (χ4n) is 2.35. The Morgan fingerprint density at radius 3 is 2.68 bits per heavy atom. The van der Waals surface area contributed by atoms with E-state index in [1.807, 2.05) is 42.5 Å². The number of hydrogen-bond donors (Lipinski definition) is 1. The summed E-state index contributed by atoms with van der Waals surface area (Å²) in [4.78, 5) is 12.1. The predicted molar refractivity (Wildman–Crippen MR) is 101 cm³/mol. The zero-order chi connectivity index (χ0) is 17.6. The molecular weight excluding hydrogens is 336 g/mol. The highest BCUT2D eigenvalue weighted by molar-refractivity contribution is 6.30. The van der Waals surface area contributed by atoms with Crippen LogP contribution in [0.4, 0.5) is 0 Å². The van der Waals surface area contributed by atoms with Crippen molar-refractivity contribution in [1.29, 1.82) is 0 Å². The van der Waals surface area contributed by atoms with Gasteiger partial charge in [0.15, 0.2) is 6.10 Å². The summed E-state index contributed by atoms with van der Waals surface area (Å²) in [5, 5.41) is 6.83. The average molecular weight is 353 g/mol. The van der Waals surface area contributed by atoms with Gasteiger partial charge in [0.1, 0.15) is 5.75 Å². The number of benzene rings is 3. The minimum Gasteiger partial charge on any atom is -0.481 e. The van der Waals surface area contributed by atoms with Crippen molar-refractivity contribution >= 4 is 34.5 Å². The van der Waals surface area contributed by atoms with Gasteiger partial charge in [0.25, 0.3) is 5.91 Å². The third-order valence-electron chi connectivity index (χ3n) is 3.64. The number of halogens is 1. The first-order valence-corrected chi connectivity index (χ1v) is 8.23. The van der Waals surface area contributed by atoms with Gasteiger partial charge in [0, 0.05) is 5.02 Å². The molecule has 0 radical (unpaired) electrons. The van der Waals surface area contributed by atoms with E-state index in [1.165, 1.54) is 0 Å². The van der Waals surface area contributed by atoms with Crippen LogP contribution in [0.1, 0.15) is 12.5 Å². The molecule has 1 N–H and O–H groups in total. The van der Waals surface area contributed by atoms with Gasteiger partial charge in [-0.3, -0.25) is 4.79 Å². The van der Waals surface area contributed by atoms with E-state index in [4.69, 9.17) is 16.3 Å². The first-order valence-electron chi connectivity index (χ1n) is 7.86. The monoisotopic (exact) mass is 352 g/mol. The highest BCUT2D eigenvalue weighted by Gasteiger charge is 2.13. The number of rotatable bonds is 5. The fourth-order valence-corrected chi connectivity index (χ4v) is 2.53. The SMILES string of the molecule is C[C@H](Oc1cccc(Cl)c1)C(=O)N/N=C\c1ccc2ccccc2c1. The summed E-state index contributed by atoms with van der Waals surface area (Å²) in [6.45, 7) is 1.65. The quantitative estimate of drug-likeness (QED) is 0.546. The number of carbonyl (C=O) groups is 1. The van der Waals surface area contributed by atoms with Gasteiger partial charge in [-0.25, -0.2) is 5.43 Å². The molecule has 0 heterocycles. The van der Waals surface area contributed by atoms with Gasteiger partial charge in [0.05, 0.1) is 6.21 Å². The number of carbonyl (C=O) groups excluding carboxylic acids is 1. The van der Waals surface area contributed by atoms with Crippen LogP contribution >= 0.6 is 11.6 Å². The van der Waals surface area contributed by atoms with Crippen molar-refractivity contribution in [1.82, 2.24) is 5.43 Å². The molecule has 0 unspecified atom stereocenters. The lowest BCUT2D eigenvalue weighted by Crippen LogP contribution is -2.33. The number of fused-ring (bicyclic) bond motifs is 1. The van der Waals surface area contributed by atoms with Gasteiger partial charge in [0.2, 0.25) is 0 Å². The Balaban J connectivity index is 1.59. The van der Waals surface area contributed by atoms with Crippen LogP contribution in [-0.2, 0) is 4.79 Å². The van der Waals surface area contributed by atoms with Crippen LogP contribution in [0.3, 0.4) is 0 Å². The van der Waals surface area contributed by atoms with Crippen LogP contribution < -0.4 is 10.2 Å². The van der Waals surface area contributed by atoms with Crippen LogP contribution in [0, 0.1) is 0 Å². The molecule has 0 spiro atoms. The van der Waals surface area contributed by atoms with E-state index in [1.54, 1.807) is 37.4 Å². The minimum absolute atomic E-state index is 0.336. The van der Waals surface area contributed by atoms with Gasteiger partial charge in [-0.15, -0.1) is 0 Å². The third-order valence-corrected chi connectivity index (χ3v) is 3.88. The Bertz CT molecular complexity index is 924. The second kappa shape index (κ2) is 7.81. The summed E-state index contributed by atoms with van der Waals surface area (Å²) in [5.41, 5.74) is 3.39. The van der Waals surface area contributed by atoms with Crippen molar-refractivity contribution in [3.63, 3.8) is 0 Å². The zero-order valence-electron chi connectivity index (χ0n) is 13.6. The van der Waals surface area contributed by atoms with Crippen LogP contribution in [-0.4, -0.2) is 18.2 Å². The maximum atomic E-state index is 12.1. The van der Waals surface area contributed by atoms with Crippen LogP contribution in [0.15, 0.2) is 71.8 Å². The molecule has 0 bridgehead atoms. The van der Waals surface area contributed by atoms with E-state index in [2.05, 4.69) is 10.5 Å². The van der Waals surface area contributed by atoms with Crippen LogP contribution in [0.2, 0.25) is 5.02 Å². The summed E-state index contributed by atoms with van der Waals surface area (Å²) in [7, 11) is 0. The maximum absolute atomic E-state index is 12.1. The summed E-state index contributed by atoms with van der Waals surface area (Å²) < 4.78 is 5.55. The van der Waals surface area contributed by atoms with Crippen LogP contribution in [0.5, 0.6) is 5.75 Å². The molecule has 3 aromatic carbocycles. The normalized spacial score (nSPS) is 12.2. The Labute approximate surface area is 151 Å². The summed E-state index contributed by atoms with van der Waals surface area (Å²) in [6, 6.07) is 20.9. The largest absolute Gasteiger partial charge is 0.481 e. The van der Waals surface area contributed by atoms with E-state index in [0.717, 1.165) is 16.3 Å². The van der Waals surface area contributed by atoms with E-state index in [0.29, 0.717) is 10.8 Å². The Morgan fingerprint density at radius 2 is 1.88 bits per heavy atom. The summed E-state index contributed by atoms with van der Waals surface area (Å²) in [5.74, 6) is 0.200. The second-order valence-corrected chi connectivity index (χ2v) is 5.99. The minimum atomic E-state index is -0.688. The molecular formula is C20H17ClN2O2. The van der Waals surface area contributed by atoms with Crippen molar-refractivity contribution in [2.24, 2.45) is 5.10 Å². The number of ether oxygens (including phenoxy) is 1. The van der Waals surface area contributed by atoms with E-state index >= 15 is 0 Å². The molecule has 3 aromatic rings. The Morgan fingerprint density at radius 1 is 1.08 bits per heavy atom. The number of hydrazone groups is 1. The van der Waals surface area contributed by atoms with Crippen LogP contribution in [0.25, 0.3) is 10.8 Å². The molecule has 0 aromatic heterocycles. The third kappa shape index (κ3) is 4.58. The standard InChI is InChI=1S/C20H17ClN2O2/c1-14(25-19-8-4-7-18(21)12-19)20(24)23-22-13-15-9-10-16-5-2-3-6-17(16)11-15/h2-14H,1H3,(H,23,24)/b22-13-/t14-/m0/s1. The van der Waals surface area contributed by atoms with E-state index in [-0.39, 0.29) is 5.91 Å². The van der Waals surface area contributed by atoms with Gasteiger partial charge in [-0.1, -0.05) is 54.1 Å². The molecule has 126 valence electrons. The van der Waals surface area contributed by atoms with Crippen molar-refractivity contribution in [3.05, 3.63) is 77.3 Å². The Hall–Kier alpha value is -2.85. The van der Waals surface area contributed by atoms with Crippen molar-refractivity contribution in [2.75, 3.05) is 0 Å². The van der Waals surface area contributed by atoms with Crippen molar-refractivity contribution in [2.45, 2.75) is 13.0 Å². The average Bonchev–Trinajstić information content (AvgIpc) is 2.61. The Kier molecular flexibility index (Phi) is 5.31. The lowest BCUT2D eigenvalue weighted by molar-refractivity contribution is -0.127. The number of hydrogen-bond acceptors (Lipinski definition) is 3. The predicted octanol–water partition coefficient (Wildman–Crippen LogP) is 4.41. The van der Waals surface area contributed by atoms with Crippen molar-refractivity contribution < 1.29 is 9.53 Å². The second-order valence-electron chi connectivity index (χ2n) is 5.56. The number of nitrogens with one attached hydrogen (secondary N) is 1. The van der Waals surface area contributed by atoms with Gasteiger partial charge >= 0.3 is 0 Å². The molecule has 0 saturated heterocycles. The lowest BCUT2D eigenvalue weighted by atomic mass is 10.1.